The van der Waals surface area contributed by atoms with E-state index in [0.29, 0.717) is 106 Å². The molecule has 4 N–H and O–H groups in total. The van der Waals surface area contributed by atoms with Crippen molar-refractivity contribution in [2.45, 2.75) is 177 Å². The van der Waals surface area contributed by atoms with E-state index in [0.717, 1.165) is 74.3 Å². The van der Waals surface area contributed by atoms with E-state index in [2.05, 4.69) is 57.4 Å². The zero-order valence-corrected chi connectivity index (χ0v) is 47.3. The number of ether oxygens (including phenoxy) is 4. The van der Waals surface area contributed by atoms with Gasteiger partial charge in [0.25, 0.3) is 0 Å². The monoisotopic (exact) mass is 1070 g/mol. The lowest BCUT2D eigenvalue weighted by Crippen LogP contribution is -2.81. The van der Waals surface area contributed by atoms with Crippen molar-refractivity contribution in [3.05, 3.63) is 95.2 Å². The summed E-state index contributed by atoms with van der Waals surface area (Å²) in [6, 6.07) is 9.98. The topological polar surface area (TPSA) is 183 Å². The number of hydrogen-bond donors (Lipinski definition) is 4. The molecule has 3 aromatic rings. The first kappa shape index (κ1) is 57.2. The number of benzene rings is 2. The van der Waals surface area contributed by atoms with Crippen molar-refractivity contribution in [1.29, 1.82) is 0 Å². The molecule has 10 atom stereocenters. The minimum Gasteiger partial charge on any atom is -0.496 e. The van der Waals surface area contributed by atoms with E-state index >= 15 is 4.79 Å². The predicted octanol–water partition coefficient (Wildman–Crippen LogP) is 9.49. The molecule has 78 heavy (non-hydrogen) atoms. The molecule has 3 fully saturated rings. The molecule has 6 heterocycles. The Kier molecular flexibility index (Phi) is 17.7. The summed E-state index contributed by atoms with van der Waals surface area (Å²) < 4.78 is 24.4. The standard InChI is InChI=1S/C63H87N5O10/c1-7-10-11-12-13-14-15-16-17-18-19-20-21-22-23-26-33-64-58(72)78-55-60(9-3)31-27-34-67-36-32-61(53(60)67)47-37-48(51(75-4)38-50(47)68(43-69)54(61)63(55,74)57(71)77-6)62(56(70)76-5)40-44-39-59(73,8-2)42-66(41-44)35-30-46-45-28-24-25-29-49(45)65-52(46)62/h13-14,16-17,24-25,27-29,31,37-38,43-44,53-55,65,73-74H,7-12,15,18-23,26,30,32-36,39-42H2,1-6H3,(H,64,72)/b14-13-,17-16-/t44?,53-,54+,55+,59-,60+,61+,62-,63-/m0/s1. The number of methoxy groups -OCH3 is 3. The Balaban J connectivity index is 1.05. The van der Waals surface area contributed by atoms with E-state index in [4.69, 9.17) is 18.9 Å². The van der Waals surface area contributed by atoms with Crippen LogP contribution in [0.15, 0.2) is 72.9 Å². The Morgan fingerprint density at radius 2 is 1.56 bits per heavy atom. The number of aliphatic hydroxyl groups is 2. The highest BCUT2D eigenvalue weighted by Crippen LogP contribution is 2.68. The van der Waals surface area contributed by atoms with E-state index in [9.17, 15) is 24.6 Å². The van der Waals surface area contributed by atoms with Crippen LogP contribution in [-0.4, -0.2) is 139 Å². The summed E-state index contributed by atoms with van der Waals surface area (Å²) in [6.07, 6.45) is 27.2. The van der Waals surface area contributed by atoms with Gasteiger partial charge < -0.3 is 44.4 Å². The molecular formula is C63H87N5O10. The number of carbonyl (C=O) groups excluding carboxylic acids is 4. The number of aromatic nitrogens is 1. The minimum atomic E-state index is -2.59. The fourth-order valence-electron chi connectivity index (χ4n) is 15.7. The number of amides is 2. The first-order chi connectivity index (χ1) is 37.8. The third-order valence-electron chi connectivity index (χ3n) is 19.1. The van der Waals surface area contributed by atoms with Gasteiger partial charge in [0.15, 0.2) is 6.10 Å². The van der Waals surface area contributed by atoms with E-state index in [-0.39, 0.29) is 12.3 Å². The Labute approximate surface area is 462 Å². The smallest absolute Gasteiger partial charge is 0.407 e. The lowest BCUT2D eigenvalue weighted by Gasteiger charge is -2.63. The van der Waals surface area contributed by atoms with Crippen molar-refractivity contribution in [3.63, 3.8) is 0 Å². The number of piperidine rings is 1. The van der Waals surface area contributed by atoms with Crippen LogP contribution in [0.25, 0.3) is 10.9 Å². The molecule has 0 radical (unpaired) electrons. The lowest BCUT2D eigenvalue weighted by molar-refractivity contribution is -0.217. The van der Waals surface area contributed by atoms with Gasteiger partial charge in [0.2, 0.25) is 12.0 Å². The molecule has 2 saturated heterocycles. The quantitative estimate of drug-likeness (QED) is 0.0232. The van der Waals surface area contributed by atoms with Crippen LogP contribution < -0.4 is 15.0 Å². The first-order valence-corrected chi connectivity index (χ1v) is 29.4. The van der Waals surface area contributed by atoms with Crippen LogP contribution in [0.3, 0.4) is 0 Å². The number of nitrogens with zero attached hydrogens (tertiary/aromatic N) is 3. The van der Waals surface area contributed by atoms with Gasteiger partial charge in [0, 0.05) is 77.8 Å². The van der Waals surface area contributed by atoms with Gasteiger partial charge in [-0.1, -0.05) is 114 Å². The molecule has 1 spiro atoms. The number of H-pyrrole nitrogens is 1. The number of hydrogen-bond acceptors (Lipinski definition) is 12. The first-order valence-electron chi connectivity index (χ1n) is 29.4. The number of aromatic amines is 1. The number of para-hydroxylation sites is 1. The highest BCUT2D eigenvalue weighted by Gasteiger charge is 2.81. The molecule has 2 bridgehead atoms. The Morgan fingerprint density at radius 1 is 0.833 bits per heavy atom. The van der Waals surface area contributed by atoms with Gasteiger partial charge in [-0.3, -0.25) is 19.4 Å². The lowest BCUT2D eigenvalue weighted by atomic mass is 9.47. The van der Waals surface area contributed by atoms with Crippen LogP contribution in [0.2, 0.25) is 0 Å². The second-order valence-electron chi connectivity index (χ2n) is 23.4. The number of rotatable bonds is 23. The third kappa shape index (κ3) is 9.90. The maximum Gasteiger partial charge on any atom is 0.407 e. The van der Waals surface area contributed by atoms with Crippen molar-refractivity contribution in [1.82, 2.24) is 20.1 Å². The fraction of sp³-hybridized carbons (Fsp3) is 0.619. The van der Waals surface area contributed by atoms with Gasteiger partial charge in [-0.25, -0.2) is 9.59 Å². The van der Waals surface area contributed by atoms with Crippen molar-refractivity contribution in [3.8, 4) is 5.75 Å². The maximum atomic E-state index is 15.5. The average molecular weight is 1070 g/mol. The van der Waals surface area contributed by atoms with Crippen molar-refractivity contribution >= 4 is 41.0 Å². The maximum absolute atomic E-state index is 15.5. The van der Waals surface area contributed by atoms with Crippen LogP contribution in [0.4, 0.5) is 10.5 Å². The molecule has 6 aliphatic rings. The molecule has 1 saturated carbocycles. The zero-order valence-electron chi connectivity index (χ0n) is 47.3. The number of anilines is 1. The molecular weight excluding hydrogens is 987 g/mol. The largest absolute Gasteiger partial charge is 0.496 e. The van der Waals surface area contributed by atoms with Crippen LogP contribution in [0.5, 0.6) is 5.75 Å². The summed E-state index contributed by atoms with van der Waals surface area (Å²) in [5.41, 5.74) is -3.36. The highest BCUT2D eigenvalue weighted by molar-refractivity contribution is 5.96. The van der Waals surface area contributed by atoms with E-state index in [1.54, 1.807) is 6.07 Å². The molecule has 2 unspecified atom stereocenters. The Bertz CT molecular complexity index is 2740. The molecule has 1 aliphatic carbocycles. The number of unbranched alkanes of at least 4 members (excludes halogenated alkanes) is 9. The second kappa shape index (κ2) is 24.1. The van der Waals surface area contributed by atoms with Crippen LogP contribution in [0.1, 0.15) is 152 Å². The predicted molar refractivity (Wildman–Crippen MR) is 303 cm³/mol. The third-order valence-corrected chi connectivity index (χ3v) is 19.1. The van der Waals surface area contributed by atoms with Gasteiger partial charge in [-0.15, -0.1) is 0 Å². The molecule has 424 valence electrons. The molecule has 15 nitrogen and oxygen atoms in total. The highest BCUT2D eigenvalue weighted by atomic mass is 16.6. The van der Waals surface area contributed by atoms with Crippen molar-refractivity contribution in [2.24, 2.45) is 11.3 Å². The summed E-state index contributed by atoms with van der Waals surface area (Å²) in [7, 11) is 4.14. The van der Waals surface area contributed by atoms with Gasteiger partial charge in [-0.2, -0.15) is 0 Å². The van der Waals surface area contributed by atoms with Gasteiger partial charge in [0.05, 0.1) is 38.7 Å². The Hall–Kier alpha value is -5.48. The van der Waals surface area contributed by atoms with E-state index in [1.807, 2.05) is 50.3 Å². The SMILES string of the molecule is CCCCC/C=C\C/C=C\CCCCCCCCNC(=O)O[C@@H]1[C@]2(CC)C=CCN3CC[C@@]4(c5cc([C@@]6(C(=O)OC)CC7CN(CCc8c6[nH]c6ccccc86)C[C@](O)(CC)C7)c(OC)cc5N(C=O)[C@H]4[C@@]1(O)C(=O)OC)[C@@H]32. The average Bonchev–Trinajstić information content (AvgIpc) is 4.13. The summed E-state index contributed by atoms with van der Waals surface area (Å²) >= 11 is 0. The van der Waals surface area contributed by atoms with Gasteiger partial charge in [-0.05, 0) is 113 Å². The normalized spacial score (nSPS) is 31.0. The molecule has 15 heteroatoms. The second-order valence-corrected chi connectivity index (χ2v) is 23.4. The molecule has 9 rings (SSSR count). The summed E-state index contributed by atoms with van der Waals surface area (Å²) in [5.74, 6) is -1.40. The number of fused-ring (bicyclic) bond motifs is 6. The number of nitrogens with one attached hydrogen (secondary N) is 2. The minimum absolute atomic E-state index is 0.169. The van der Waals surface area contributed by atoms with Crippen LogP contribution >= 0.6 is 0 Å². The fourth-order valence-corrected chi connectivity index (χ4v) is 15.7. The van der Waals surface area contributed by atoms with E-state index < -0.39 is 63.7 Å². The summed E-state index contributed by atoms with van der Waals surface area (Å²) in [4.78, 5) is 68.6. The molecule has 5 aliphatic heterocycles. The number of esters is 2. The summed E-state index contributed by atoms with van der Waals surface area (Å²) in [6.45, 7) is 9.49. The zero-order chi connectivity index (χ0) is 55.3. The van der Waals surface area contributed by atoms with Crippen molar-refractivity contribution in [2.75, 3.05) is 65.5 Å². The number of alkyl carbamates (subject to hydrolysis) is 1. The van der Waals surface area contributed by atoms with Crippen molar-refractivity contribution < 1.29 is 48.3 Å². The number of allylic oxidation sites excluding steroid dienone is 4. The van der Waals surface area contributed by atoms with Gasteiger partial charge in [0.1, 0.15) is 11.2 Å². The van der Waals surface area contributed by atoms with Gasteiger partial charge >= 0.3 is 18.0 Å². The van der Waals surface area contributed by atoms with Crippen LogP contribution in [-0.2, 0) is 45.8 Å². The number of carbonyl (C=O) groups is 4. The molecule has 2 aromatic carbocycles. The molecule has 2 amide bonds. The van der Waals surface area contributed by atoms with Crippen LogP contribution in [0, 0.1) is 11.3 Å². The molecule has 1 aromatic heterocycles. The van der Waals surface area contributed by atoms with E-state index in [1.165, 1.54) is 45.5 Å². The Morgan fingerprint density at radius 3 is 2.27 bits per heavy atom. The summed E-state index contributed by atoms with van der Waals surface area (Å²) in [5, 5.41) is 29.8.